The van der Waals surface area contributed by atoms with Crippen molar-refractivity contribution in [3.8, 4) is 5.69 Å². The van der Waals surface area contributed by atoms with E-state index < -0.39 is 0 Å². The van der Waals surface area contributed by atoms with E-state index in [1.165, 1.54) is 5.69 Å². The van der Waals surface area contributed by atoms with Gasteiger partial charge in [0, 0.05) is 43.8 Å². The highest BCUT2D eigenvalue weighted by atomic mass is 15.1. The number of hydrogen-bond acceptors (Lipinski definition) is 3. The molecule has 0 aliphatic rings. The molecule has 0 aliphatic carbocycles. The van der Waals surface area contributed by atoms with Crippen LogP contribution in [-0.4, -0.2) is 30.2 Å². The summed E-state index contributed by atoms with van der Waals surface area (Å²) in [7, 11) is 4.07. The lowest BCUT2D eigenvalue weighted by Gasteiger charge is -2.14. The Kier molecular flexibility index (Phi) is 3.44. The zero-order valence-electron chi connectivity index (χ0n) is 10.3. The van der Waals surface area contributed by atoms with Crippen LogP contribution in [0.2, 0.25) is 0 Å². The van der Waals surface area contributed by atoms with Crippen LogP contribution >= 0.6 is 0 Å². The second-order valence-electron chi connectivity index (χ2n) is 4.21. The van der Waals surface area contributed by atoms with E-state index in [1.807, 2.05) is 26.6 Å². The first-order valence-electron chi connectivity index (χ1n) is 5.71. The molecule has 0 saturated carbocycles. The van der Waals surface area contributed by atoms with Crippen molar-refractivity contribution in [2.45, 2.75) is 6.42 Å². The fourth-order valence-corrected chi connectivity index (χ4v) is 1.81. The molecule has 2 aromatic rings. The predicted molar refractivity (Wildman–Crippen MR) is 70.6 cm³/mol. The molecule has 17 heavy (non-hydrogen) atoms. The number of rotatable bonds is 4. The number of nitrogens with zero attached hydrogens (tertiary/aromatic N) is 3. The maximum Gasteiger partial charge on any atom is 0.0994 e. The number of aromatic nitrogens is 2. The molecule has 1 heterocycles. The van der Waals surface area contributed by atoms with Gasteiger partial charge in [0.25, 0.3) is 0 Å². The lowest BCUT2D eigenvalue weighted by Crippen LogP contribution is -2.10. The minimum absolute atomic E-state index is 0.638. The summed E-state index contributed by atoms with van der Waals surface area (Å²) in [4.78, 5) is 6.27. The van der Waals surface area contributed by atoms with Crippen molar-refractivity contribution in [2.24, 2.45) is 5.73 Å². The average Bonchev–Trinajstić information content (AvgIpc) is 2.78. The van der Waals surface area contributed by atoms with Crippen molar-refractivity contribution >= 4 is 5.69 Å². The second kappa shape index (κ2) is 5.01. The lowest BCUT2D eigenvalue weighted by molar-refractivity contribution is 0.873. The van der Waals surface area contributed by atoms with E-state index in [4.69, 9.17) is 5.73 Å². The Morgan fingerprint density at radius 2 is 2.18 bits per heavy atom. The third-order valence-electron chi connectivity index (χ3n) is 2.74. The summed E-state index contributed by atoms with van der Waals surface area (Å²) in [6, 6.07) is 8.36. The van der Waals surface area contributed by atoms with Crippen LogP contribution < -0.4 is 10.6 Å². The monoisotopic (exact) mass is 230 g/mol. The third-order valence-corrected chi connectivity index (χ3v) is 2.74. The van der Waals surface area contributed by atoms with Gasteiger partial charge in [-0.15, -0.1) is 0 Å². The molecular weight excluding hydrogens is 212 g/mol. The van der Waals surface area contributed by atoms with Crippen molar-refractivity contribution in [2.75, 3.05) is 25.5 Å². The van der Waals surface area contributed by atoms with Gasteiger partial charge in [0.1, 0.15) is 0 Å². The Balaban J connectivity index is 2.38. The average molecular weight is 230 g/mol. The first kappa shape index (κ1) is 11.7. The van der Waals surface area contributed by atoms with Crippen molar-refractivity contribution in [3.63, 3.8) is 0 Å². The molecular formula is C13H18N4. The molecule has 90 valence electrons. The highest BCUT2D eigenvalue weighted by molar-refractivity contribution is 5.52. The highest BCUT2D eigenvalue weighted by Gasteiger charge is 2.04. The predicted octanol–water partition coefficient (Wildman–Crippen LogP) is 1.44. The molecule has 0 fully saturated rings. The van der Waals surface area contributed by atoms with Gasteiger partial charge in [-0.2, -0.15) is 0 Å². The molecule has 2 rings (SSSR count). The van der Waals surface area contributed by atoms with Crippen molar-refractivity contribution in [1.82, 2.24) is 9.55 Å². The fraction of sp³-hybridized carbons (Fsp3) is 0.308. The molecule has 1 aromatic heterocycles. The Labute approximate surface area is 102 Å². The van der Waals surface area contributed by atoms with Gasteiger partial charge in [0.15, 0.2) is 0 Å². The number of imidazole rings is 1. The molecule has 2 N–H and O–H groups in total. The lowest BCUT2D eigenvalue weighted by atomic mass is 10.2. The molecule has 1 aromatic carbocycles. The van der Waals surface area contributed by atoms with Crippen molar-refractivity contribution in [1.29, 1.82) is 0 Å². The summed E-state index contributed by atoms with van der Waals surface area (Å²) < 4.78 is 2.08. The smallest absolute Gasteiger partial charge is 0.0994 e. The summed E-state index contributed by atoms with van der Waals surface area (Å²) in [5.74, 6) is 0. The van der Waals surface area contributed by atoms with Gasteiger partial charge in [-0.3, -0.25) is 0 Å². The number of nitrogens with two attached hydrogens (primary N) is 1. The highest BCUT2D eigenvalue weighted by Crippen LogP contribution is 2.18. The van der Waals surface area contributed by atoms with Gasteiger partial charge in [-0.1, -0.05) is 6.07 Å². The molecule has 0 spiro atoms. The third kappa shape index (κ3) is 2.47. The minimum atomic E-state index is 0.638. The topological polar surface area (TPSA) is 47.1 Å². The van der Waals surface area contributed by atoms with E-state index in [-0.39, 0.29) is 0 Å². The summed E-state index contributed by atoms with van der Waals surface area (Å²) >= 11 is 0. The largest absolute Gasteiger partial charge is 0.378 e. The van der Waals surface area contributed by atoms with E-state index in [0.717, 1.165) is 17.8 Å². The quantitative estimate of drug-likeness (QED) is 0.864. The molecule has 0 atom stereocenters. The SMILES string of the molecule is CN(C)c1cccc(-n2cncc2CCN)c1. The van der Waals surface area contributed by atoms with E-state index >= 15 is 0 Å². The molecule has 0 bridgehead atoms. The molecule has 0 unspecified atom stereocenters. The standard InChI is InChI=1S/C13H18N4/c1-16(2)11-4-3-5-12(8-11)17-10-15-9-13(17)6-7-14/h3-5,8-10H,6-7,14H2,1-2H3. The second-order valence-corrected chi connectivity index (χ2v) is 4.21. The first-order valence-corrected chi connectivity index (χ1v) is 5.71. The summed E-state index contributed by atoms with van der Waals surface area (Å²) in [5.41, 5.74) is 9.04. The van der Waals surface area contributed by atoms with Crippen LogP contribution in [0.5, 0.6) is 0 Å². The Hall–Kier alpha value is -1.81. The molecule has 0 radical (unpaired) electrons. The zero-order valence-corrected chi connectivity index (χ0v) is 10.3. The van der Waals surface area contributed by atoms with Gasteiger partial charge in [0.05, 0.1) is 6.33 Å². The van der Waals surface area contributed by atoms with Crippen LogP contribution in [0.3, 0.4) is 0 Å². The number of hydrogen-bond donors (Lipinski definition) is 1. The molecule has 4 heteroatoms. The van der Waals surface area contributed by atoms with Crippen LogP contribution in [0, 0.1) is 0 Å². The maximum atomic E-state index is 5.60. The Morgan fingerprint density at radius 1 is 1.35 bits per heavy atom. The Morgan fingerprint density at radius 3 is 2.88 bits per heavy atom. The van der Waals surface area contributed by atoms with Crippen LogP contribution in [0.4, 0.5) is 5.69 Å². The fourth-order valence-electron chi connectivity index (χ4n) is 1.81. The molecule has 0 amide bonds. The van der Waals surface area contributed by atoms with Gasteiger partial charge in [-0.25, -0.2) is 4.98 Å². The normalized spacial score (nSPS) is 10.5. The van der Waals surface area contributed by atoms with Crippen LogP contribution in [-0.2, 0) is 6.42 Å². The minimum Gasteiger partial charge on any atom is -0.378 e. The first-order chi connectivity index (χ1) is 8.22. The number of benzene rings is 1. The molecule has 0 aliphatic heterocycles. The number of anilines is 1. The van der Waals surface area contributed by atoms with Gasteiger partial charge in [-0.05, 0) is 24.7 Å². The van der Waals surface area contributed by atoms with E-state index in [0.29, 0.717) is 6.54 Å². The van der Waals surface area contributed by atoms with E-state index in [2.05, 4.69) is 38.7 Å². The maximum absolute atomic E-state index is 5.60. The van der Waals surface area contributed by atoms with E-state index in [9.17, 15) is 0 Å². The summed E-state index contributed by atoms with van der Waals surface area (Å²) in [5, 5.41) is 0. The van der Waals surface area contributed by atoms with Gasteiger partial charge < -0.3 is 15.2 Å². The Bertz CT molecular complexity index is 488. The van der Waals surface area contributed by atoms with Crippen LogP contribution in [0.15, 0.2) is 36.8 Å². The van der Waals surface area contributed by atoms with Crippen LogP contribution in [0.1, 0.15) is 5.69 Å². The molecule has 0 saturated heterocycles. The van der Waals surface area contributed by atoms with Crippen molar-refractivity contribution in [3.05, 3.63) is 42.5 Å². The van der Waals surface area contributed by atoms with E-state index in [1.54, 1.807) is 0 Å². The molecule has 4 nitrogen and oxygen atoms in total. The van der Waals surface area contributed by atoms with Crippen molar-refractivity contribution < 1.29 is 0 Å². The van der Waals surface area contributed by atoms with Gasteiger partial charge >= 0.3 is 0 Å². The van der Waals surface area contributed by atoms with Crippen LogP contribution in [0.25, 0.3) is 5.69 Å². The zero-order chi connectivity index (χ0) is 12.3. The van der Waals surface area contributed by atoms with Gasteiger partial charge in [0.2, 0.25) is 0 Å². The summed E-state index contributed by atoms with van der Waals surface area (Å²) in [6.07, 6.45) is 4.54. The summed E-state index contributed by atoms with van der Waals surface area (Å²) in [6.45, 7) is 0.638.